The van der Waals surface area contributed by atoms with E-state index >= 15 is 0 Å². The van der Waals surface area contributed by atoms with Gasteiger partial charge < -0.3 is 10.4 Å². The molecule has 0 saturated carbocycles. The van der Waals surface area contributed by atoms with E-state index in [1.807, 2.05) is 20.8 Å². The van der Waals surface area contributed by atoms with Crippen molar-refractivity contribution >= 4 is 6.09 Å². The molecule has 0 aliphatic carbocycles. The van der Waals surface area contributed by atoms with Crippen molar-refractivity contribution in [2.75, 3.05) is 6.54 Å². The molecule has 0 spiro atoms. The van der Waals surface area contributed by atoms with Gasteiger partial charge in [-0.3, -0.25) is 0 Å². The summed E-state index contributed by atoms with van der Waals surface area (Å²) in [7, 11) is 0. The predicted molar refractivity (Wildman–Crippen MR) is 44.6 cm³/mol. The van der Waals surface area contributed by atoms with Crippen molar-refractivity contribution in [1.82, 2.24) is 5.32 Å². The van der Waals surface area contributed by atoms with Crippen molar-refractivity contribution in [1.29, 1.82) is 5.26 Å². The van der Waals surface area contributed by atoms with E-state index in [2.05, 4.69) is 11.4 Å². The minimum Gasteiger partial charge on any atom is -0.465 e. The lowest BCUT2D eigenvalue weighted by Gasteiger charge is -2.24. The summed E-state index contributed by atoms with van der Waals surface area (Å²) in [5.41, 5.74) is -0.183. The highest BCUT2D eigenvalue weighted by Gasteiger charge is 2.24. The molecule has 0 aromatic rings. The second-order valence-corrected chi connectivity index (χ2v) is 3.73. The number of hydrogen-bond donors (Lipinski definition) is 2. The number of nitriles is 1. The lowest BCUT2D eigenvalue weighted by Crippen LogP contribution is -2.33. The third kappa shape index (κ3) is 3.81. The Morgan fingerprint density at radius 2 is 2.17 bits per heavy atom. The third-order valence-electron chi connectivity index (χ3n) is 1.66. The Kier molecular flexibility index (Phi) is 3.55. The second-order valence-electron chi connectivity index (χ2n) is 3.73. The molecule has 0 saturated heterocycles. The van der Waals surface area contributed by atoms with Crippen LogP contribution in [-0.2, 0) is 0 Å². The fourth-order valence-electron chi connectivity index (χ4n) is 0.735. The van der Waals surface area contributed by atoms with Gasteiger partial charge in [-0.1, -0.05) is 20.8 Å². The van der Waals surface area contributed by atoms with Gasteiger partial charge in [-0.2, -0.15) is 5.26 Å². The molecule has 1 atom stereocenters. The highest BCUT2D eigenvalue weighted by molar-refractivity contribution is 5.64. The zero-order valence-electron chi connectivity index (χ0n) is 7.59. The molecular weight excluding hydrogens is 156 g/mol. The van der Waals surface area contributed by atoms with Gasteiger partial charge in [0.2, 0.25) is 0 Å². The van der Waals surface area contributed by atoms with Crippen LogP contribution >= 0.6 is 0 Å². The van der Waals surface area contributed by atoms with E-state index in [4.69, 9.17) is 10.4 Å². The van der Waals surface area contributed by atoms with Crippen LogP contribution in [0.4, 0.5) is 4.79 Å². The first-order valence-electron chi connectivity index (χ1n) is 3.74. The molecule has 2 N–H and O–H groups in total. The highest BCUT2D eigenvalue weighted by Crippen LogP contribution is 2.24. The molecule has 0 radical (unpaired) electrons. The highest BCUT2D eigenvalue weighted by atomic mass is 16.4. The van der Waals surface area contributed by atoms with Crippen LogP contribution in [0.1, 0.15) is 20.8 Å². The Balaban J connectivity index is 4.04. The molecule has 0 rings (SSSR count). The number of amides is 1. The van der Waals surface area contributed by atoms with Gasteiger partial charge in [-0.15, -0.1) is 0 Å². The van der Waals surface area contributed by atoms with Crippen molar-refractivity contribution in [3.63, 3.8) is 0 Å². The zero-order chi connectivity index (χ0) is 9.78. The van der Waals surface area contributed by atoms with E-state index in [9.17, 15) is 4.79 Å². The quantitative estimate of drug-likeness (QED) is 0.658. The average Bonchev–Trinajstić information content (AvgIpc) is 1.85. The van der Waals surface area contributed by atoms with Crippen LogP contribution in [0.15, 0.2) is 0 Å². The molecular formula is C8H14N2O2. The van der Waals surface area contributed by atoms with E-state index < -0.39 is 6.09 Å². The van der Waals surface area contributed by atoms with E-state index in [1.165, 1.54) is 0 Å². The van der Waals surface area contributed by atoms with Crippen molar-refractivity contribution in [3.8, 4) is 6.07 Å². The van der Waals surface area contributed by atoms with Crippen molar-refractivity contribution in [2.24, 2.45) is 11.3 Å². The minimum atomic E-state index is -1.08. The fourth-order valence-corrected chi connectivity index (χ4v) is 0.735. The molecule has 12 heavy (non-hydrogen) atoms. The van der Waals surface area contributed by atoms with Crippen LogP contribution < -0.4 is 5.32 Å². The van der Waals surface area contributed by atoms with E-state index in [-0.39, 0.29) is 17.9 Å². The number of hydrogen-bond acceptors (Lipinski definition) is 2. The number of nitrogens with zero attached hydrogens (tertiary/aromatic N) is 1. The maximum Gasteiger partial charge on any atom is 0.404 e. The van der Waals surface area contributed by atoms with Gasteiger partial charge in [-0.05, 0) is 5.41 Å². The van der Waals surface area contributed by atoms with Gasteiger partial charge in [0, 0.05) is 6.54 Å². The first-order valence-corrected chi connectivity index (χ1v) is 3.74. The van der Waals surface area contributed by atoms with Crippen LogP contribution in [0.25, 0.3) is 0 Å². The number of carbonyl (C=O) groups is 1. The topological polar surface area (TPSA) is 73.1 Å². The van der Waals surface area contributed by atoms with Crippen molar-refractivity contribution < 1.29 is 9.90 Å². The maximum atomic E-state index is 10.1. The van der Waals surface area contributed by atoms with Gasteiger partial charge in [0.05, 0.1) is 12.0 Å². The van der Waals surface area contributed by atoms with Gasteiger partial charge in [-0.25, -0.2) is 4.79 Å². The largest absolute Gasteiger partial charge is 0.465 e. The van der Waals surface area contributed by atoms with Gasteiger partial charge in [0.25, 0.3) is 0 Å². The Labute approximate surface area is 72.2 Å². The van der Waals surface area contributed by atoms with Crippen LogP contribution in [0.5, 0.6) is 0 Å². The summed E-state index contributed by atoms with van der Waals surface area (Å²) in [5.74, 6) is -0.284. The zero-order valence-corrected chi connectivity index (χ0v) is 7.59. The first-order chi connectivity index (χ1) is 5.38. The summed E-state index contributed by atoms with van der Waals surface area (Å²) < 4.78 is 0. The molecule has 4 heteroatoms. The Hall–Kier alpha value is -1.24. The predicted octanol–water partition coefficient (Wildman–Crippen LogP) is 1.44. The summed E-state index contributed by atoms with van der Waals surface area (Å²) in [6.07, 6.45) is -1.08. The van der Waals surface area contributed by atoms with E-state index in [0.29, 0.717) is 0 Å². The smallest absolute Gasteiger partial charge is 0.404 e. The Bertz CT molecular complexity index is 200. The first kappa shape index (κ1) is 10.8. The molecule has 4 nitrogen and oxygen atoms in total. The molecule has 1 amide bonds. The van der Waals surface area contributed by atoms with E-state index in [0.717, 1.165) is 0 Å². The maximum absolute atomic E-state index is 10.1. The minimum absolute atomic E-state index is 0.183. The fraction of sp³-hybridized carbons (Fsp3) is 0.750. The second kappa shape index (κ2) is 3.96. The van der Waals surface area contributed by atoms with Gasteiger partial charge in [0.1, 0.15) is 0 Å². The summed E-state index contributed by atoms with van der Waals surface area (Å²) in [4.78, 5) is 10.1. The summed E-state index contributed by atoms with van der Waals surface area (Å²) in [6, 6.07) is 2.07. The molecule has 0 heterocycles. The number of rotatable bonds is 2. The molecule has 0 aliphatic heterocycles. The van der Waals surface area contributed by atoms with Crippen molar-refractivity contribution in [2.45, 2.75) is 20.8 Å². The van der Waals surface area contributed by atoms with Crippen LogP contribution in [0, 0.1) is 22.7 Å². The Morgan fingerprint density at radius 3 is 2.42 bits per heavy atom. The normalized spacial score (nSPS) is 13.2. The number of nitrogens with one attached hydrogen (secondary N) is 1. The molecule has 0 aromatic heterocycles. The van der Waals surface area contributed by atoms with Crippen molar-refractivity contribution in [3.05, 3.63) is 0 Å². The standard InChI is InChI=1S/C8H14N2O2/c1-8(2,3)6(4-9)5-10-7(11)12/h6,10H,5H2,1-3H3,(H,11,12). The SMILES string of the molecule is CC(C)(C)C(C#N)CNC(=O)O. The average molecular weight is 170 g/mol. The summed E-state index contributed by atoms with van der Waals surface area (Å²) in [6.45, 7) is 5.91. The van der Waals surface area contributed by atoms with E-state index in [1.54, 1.807) is 0 Å². The van der Waals surface area contributed by atoms with Crippen LogP contribution in [0.3, 0.4) is 0 Å². The molecule has 0 fully saturated rings. The molecule has 0 aliphatic rings. The molecule has 0 bridgehead atoms. The van der Waals surface area contributed by atoms with Crippen LogP contribution in [0.2, 0.25) is 0 Å². The van der Waals surface area contributed by atoms with Gasteiger partial charge >= 0.3 is 6.09 Å². The molecule has 0 aromatic carbocycles. The third-order valence-corrected chi connectivity index (χ3v) is 1.66. The molecule has 1 unspecified atom stereocenters. The van der Waals surface area contributed by atoms with Gasteiger partial charge in [0.15, 0.2) is 0 Å². The lowest BCUT2D eigenvalue weighted by molar-refractivity contribution is 0.189. The summed E-state index contributed by atoms with van der Waals surface area (Å²) in [5, 5.41) is 19.2. The monoisotopic (exact) mass is 170 g/mol. The van der Waals surface area contributed by atoms with Crippen LogP contribution in [-0.4, -0.2) is 17.7 Å². The Morgan fingerprint density at radius 1 is 1.67 bits per heavy atom. The number of carboxylic acid groups (broad SMARTS) is 1. The lowest BCUT2D eigenvalue weighted by atomic mass is 9.82. The molecule has 68 valence electrons. The summed E-state index contributed by atoms with van der Waals surface area (Å²) >= 11 is 0.